The number of carbonyl (C=O) groups is 1. The van der Waals surface area contributed by atoms with E-state index in [0.29, 0.717) is 17.7 Å². The Morgan fingerprint density at radius 1 is 1.18 bits per heavy atom. The van der Waals surface area contributed by atoms with Gasteiger partial charge in [-0.25, -0.2) is 8.42 Å². The third-order valence-corrected chi connectivity index (χ3v) is 5.76. The Balaban J connectivity index is 2.09. The Labute approximate surface area is 129 Å². The summed E-state index contributed by atoms with van der Waals surface area (Å²) < 4.78 is 27.1. The second-order valence-electron chi connectivity index (χ2n) is 5.37. The number of nitrogens with zero attached hydrogens (tertiary/aromatic N) is 1. The lowest BCUT2D eigenvalue weighted by molar-refractivity contribution is 0.1000. The van der Waals surface area contributed by atoms with Crippen LogP contribution >= 0.6 is 0 Å². The number of hydrogen-bond donors (Lipinski definition) is 1. The molecule has 1 amide bonds. The van der Waals surface area contributed by atoms with Crippen molar-refractivity contribution in [2.45, 2.75) is 24.3 Å². The monoisotopic (exact) mass is 316 g/mol. The first-order valence-corrected chi connectivity index (χ1v) is 8.37. The second kappa shape index (κ2) is 5.14. The van der Waals surface area contributed by atoms with Crippen molar-refractivity contribution in [1.82, 2.24) is 0 Å². The fourth-order valence-electron chi connectivity index (χ4n) is 2.83. The normalized spacial score (nSPS) is 17.3. The Morgan fingerprint density at radius 3 is 2.50 bits per heavy atom. The van der Waals surface area contributed by atoms with E-state index in [0.717, 1.165) is 5.56 Å². The summed E-state index contributed by atoms with van der Waals surface area (Å²) in [6.07, 6.45) is 0.558. The molecule has 2 N–H and O–H groups in total. The van der Waals surface area contributed by atoms with Gasteiger partial charge in [-0.05, 0) is 49.2 Å². The van der Waals surface area contributed by atoms with Crippen molar-refractivity contribution in [3.8, 4) is 0 Å². The van der Waals surface area contributed by atoms with Gasteiger partial charge in [0.15, 0.2) is 0 Å². The van der Waals surface area contributed by atoms with Gasteiger partial charge in [0.25, 0.3) is 10.0 Å². The van der Waals surface area contributed by atoms with E-state index in [9.17, 15) is 13.2 Å². The maximum Gasteiger partial charge on any atom is 0.264 e. The van der Waals surface area contributed by atoms with Crippen LogP contribution in [0.4, 0.5) is 5.69 Å². The number of primary amides is 1. The molecule has 0 saturated carbocycles. The van der Waals surface area contributed by atoms with Crippen LogP contribution in [-0.2, 0) is 16.4 Å². The molecule has 114 valence electrons. The van der Waals surface area contributed by atoms with Crippen LogP contribution in [0.15, 0.2) is 53.4 Å². The zero-order valence-electron chi connectivity index (χ0n) is 12.1. The molecule has 3 rings (SSSR count). The summed E-state index contributed by atoms with van der Waals surface area (Å²) in [7, 11) is -3.62. The summed E-state index contributed by atoms with van der Waals surface area (Å²) >= 11 is 0. The average molecular weight is 316 g/mol. The number of rotatable bonds is 3. The summed E-state index contributed by atoms with van der Waals surface area (Å²) in [5.74, 6) is -0.514. The van der Waals surface area contributed by atoms with E-state index in [2.05, 4.69) is 0 Å². The molecular weight excluding hydrogens is 300 g/mol. The molecule has 6 heteroatoms. The molecule has 5 nitrogen and oxygen atoms in total. The first-order valence-electron chi connectivity index (χ1n) is 6.93. The molecule has 0 saturated heterocycles. The molecule has 22 heavy (non-hydrogen) atoms. The van der Waals surface area contributed by atoms with Crippen LogP contribution in [0.3, 0.4) is 0 Å². The van der Waals surface area contributed by atoms with Crippen molar-refractivity contribution in [1.29, 1.82) is 0 Å². The van der Waals surface area contributed by atoms with Crippen molar-refractivity contribution in [2.24, 2.45) is 5.73 Å². The summed E-state index contributed by atoms with van der Waals surface area (Å²) in [6, 6.07) is 13.0. The van der Waals surface area contributed by atoms with Crippen molar-refractivity contribution >= 4 is 21.6 Å². The molecule has 2 aromatic rings. The summed E-state index contributed by atoms with van der Waals surface area (Å²) in [5, 5.41) is 0. The topological polar surface area (TPSA) is 80.5 Å². The fourth-order valence-corrected chi connectivity index (χ4v) is 4.54. The Bertz CT molecular complexity index is 832. The van der Waals surface area contributed by atoms with E-state index in [1.54, 1.807) is 48.5 Å². The molecule has 0 aliphatic carbocycles. The highest BCUT2D eigenvalue weighted by molar-refractivity contribution is 7.92. The maximum absolute atomic E-state index is 12.9. The highest BCUT2D eigenvalue weighted by Gasteiger charge is 2.36. The number of benzene rings is 2. The van der Waals surface area contributed by atoms with Crippen LogP contribution in [-0.4, -0.2) is 20.4 Å². The van der Waals surface area contributed by atoms with Crippen LogP contribution in [0, 0.1) is 0 Å². The van der Waals surface area contributed by atoms with Gasteiger partial charge >= 0.3 is 0 Å². The fraction of sp³-hybridized carbons (Fsp3) is 0.188. The summed E-state index contributed by atoms with van der Waals surface area (Å²) in [5.41, 5.74) is 7.11. The molecule has 0 radical (unpaired) electrons. The number of amides is 1. The Morgan fingerprint density at radius 2 is 1.86 bits per heavy atom. The van der Waals surface area contributed by atoms with Gasteiger partial charge in [-0.3, -0.25) is 9.10 Å². The van der Waals surface area contributed by atoms with E-state index in [-0.39, 0.29) is 10.9 Å². The third kappa shape index (κ3) is 2.25. The minimum absolute atomic E-state index is 0.205. The predicted octanol–water partition coefficient (Wildman–Crippen LogP) is 1.93. The first-order chi connectivity index (χ1) is 10.4. The lowest BCUT2D eigenvalue weighted by Gasteiger charge is -2.24. The molecule has 0 bridgehead atoms. The largest absolute Gasteiger partial charge is 0.366 e. The molecule has 2 aromatic carbocycles. The predicted molar refractivity (Wildman–Crippen MR) is 84.2 cm³/mol. The first kappa shape index (κ1) is 14.6. The number of anilines is 1. The zero-order valence-corrected chi connectivity index (χ0v) is 12.9. The molecule has 1 aliphatic heterocycles. The smallest absolute Gasteiger partial charge is 0.264 e. The molecule has 0 aromatic heterocycles. The zero-order chi connectivity index (χ0) is 15.9. The van der Waals surface area contributed by atoms with Gasteiger partial charge in [-0.2, -0.15) is 0 Å². The van der Waals surface area contributed by atoms with Crippen LogP contribution < -0.4 is 10.0 Å². The van der Waals surface area contributed by atoms with Crippen LogP contribution in [0.1, 0.15) is 22.8 Å². The van der Waals surface area contributed by atoms with Crippen molar-refractivity contribution < 1.29 is 13.2 Å². The molecule has 1 aliphatic rings. The van der Waals surface area contributed by atoms with Crippen LogP contribution in [0.2, 0.25) is 0 Å². The van der Waals surface area contributed by atoms with E-state index in [1.165, 1.54) is 4.31 Å². The van der Waals surface area contributed by atoms with E-state index < -0.39 is 15.9 Å². The molecular formula is C16H16N2O3S. The van der Waals surface area contributed by atoms with Gasteiger partial charge in [0.2, 0.25) is 5.91 Å². The van der Waals surface area contributed by atoms with Gasteiger partial charge < -0.3 is 5.73 Å². The minimum atomic E-state index is -3.62. The van der Waals surface area contributed by atoms with Gasteiger partial charge in [0.1, 0.15) is 0 Å². The van der Waals surface area contributed by atoms with E-state index in [1.807, 2.05) is 6.92 Å². The van der Waals surface area contributed by atoms with Crippen LogP contribution in [0.5, 0.6) is 0 Å². The van der Waals surface area contributed by atoms with Crippen molar-refractivity contribution in [3.63, 3.8) is 0 Å². The van der Waals surface area contributed by atoms with Gasteiger partial charge in [0.05, 0.1) is 10.6 Å². The highest BCUT2D eigenvalue weighted by atomic mass is 32.2. The van der Waals surface area contributed by atoms with Crippen LogP contribution in [0.25, 0.3) is 0 Å². The maximum atomic E-state index is 12.9. The molecule has 1 atom stereocenters. The number of nitrogens with two attached hydrogens (primary N) is 1. The Hall–Kier alpha value is -2.34. The summed E-state index contributed by atoms with van der Waals surface area (Å²) in [4.78, 5) is 11.5. The Kier molecular flexibility index (Phi) is 3.41. The van der Waals surface area contributed by atoms with Gasteiger partial charge in [-0.15, -0.1) is 0 Å². The number of hydrogen-bond acceptors (Lipinski definition) is 3. The molecule has 0 fully saturated rings. The summed E-state index contributed by atoms with van der Waals surface area (Å²) in [6.45, 7) is 1.85. The van der Waals surface area contributed by atoms with Crippen molar-refractivity contribution in [2.75, 3.05) is 4.31 Å². The average Bonchev–Trinajstić information content (AvgIpc) is 2.83. The lowest BCUT2D eigenvalue weighted by atomic mass is 10.1. The van der Waals surface area contributed by atoms with E-state index in [4.69, 9.17) is 5.73 Å². The number of carbonyl (C=O) groups excluding carboxylic acids is 1. The van der Waals surface area contributed by atoms with Gasteiger partial charge in [-0.1, -0.05) is 18.2 Å². The molecule has 1 heterocycles. The number of fused-ring (bicyclic) bond motifs is 1. The second-order valence-corrected chi connectivity index (χ2v) is 7.19. The van der Waals surface area contributed by atoms with Gasteiger partial charge in [0, 0.05) is 11.6 Å². The SMILES string of the molecule is C[C@@H]1Cc2cc(C(N)=O)ccc2N1S(=O)(=O)c1ccccc1. The lowest BCUT2D eigenvalue weighted by Crippen LogP contribution is -2.35. The molecule has 0 unspecified atom stereocenters. The van der Waals surface area contributed by atoms with E-state index >= 15 is 0 Å². The molecule has 0 spiro atoms. The minimum Gasteiger partial charge on any atom is -0.366 e. The van der Waals surface area contributed by atoms with Crippen molar-refractivity contribution in [3.05, 3.63) is 59.7 Å². The highest BCUT2D eigenvalue weighted by Crippen LogP contribution is 2.37. The standard InChI is InChI=1S/C16H16N2O3S/c1-11-9-13-10-12(16(17)19)7-8-15(13)18(11)22(20,21)14-5-3-2-4-6-14/h2-8,10-11H,9H2,1H3,(H2,17,19)/t11-/m1/s1. The quantitative estimate of drug-likeness (QED) is 0.939. The third-order valence-electron chi connectivity index (χ3n) is 3.82. The number of sulfonamides is 1.